The van der Waals surface area contributed by atoms with Gasteiger partial charge in [0.25, 0.3) is 0 Å². The first kappa shape index (κ1) is 31.8. The van der Waals surface area contributed by atoms with Crippen LogP contribution < -0.4 is 56.4 Å². The number of fused-ring (bicyclic) bond motifs is 3. The molecular formula is C31H23N6NaO6S. The van der Waals surface area contributed by atoms with Crippen LogP contribution in [0.2, 0.25) is 0 Å². The number of anilines is 2. The van der Waals surface area contributed by atoms with Crippen LogP contribution in [0.15, 0.2) is 104 Å². The third-order valence-corrected chi connectivity index (χ3v) is 7.85. The average molecular weight is 631 g/mol. The fourth-order valence-corrected chi connectivity index (χ4v) is 5.39. The Balaban J connectivity index is 0.00000400. The molecule has 1 heterocycles. The van der Waals surface area contributed by atoms with Crippen molar-refractivity contribution in [3.05, 3.63) is 122 Å². The van der Waals surface area contributed by atoms with Crippen molar-refractivity contribution in [2.24, 2.45) is 15.1 Å². The summed E-state index contributed by atoms with van der Waals surface area (Å²) in [5.41, 5.74) is 12.1. The van der Waals surface area contributed by atoms with Crippen molar-refractivity contribution in [3.63, 3.8) is 0 Å². The summed E-state index contributed by atoms with van der Waals surface area (Å²) in [6.45, 7) is 3.73. The zero-order valence-corrected chi connectivity index (χ0v) is 27.1. The van der Waals surface area contributed by atoms with Gasteiger partial charge in [-0.25, -0.2) is 18.4 Å². The van der Waals surface area contributed by atoms with Gasteiger partial charge in [0.2, 0.25) is 5.78 Å². The van der Waals surface area contributed by atoms with Gasteiger partial charge in [-0.2, -0.15) is 5.10 Å². The van der Waals surface area contributed by atoms with Crippen LogP contribution in [-0.4, -0.2) is 41.2 Å². The number of nitrogens with one attached hydrogen (secondary N) is 3. The third-order valence-electron chi connectivity index (χ3n) is 6.99. The largest absolute Gasteiger partial charge is 1.00 e. The number of Topliss-reactive ketones (excluding diaryl/α,β-unsaturated/α-hetero) is 1. The van der Waals surface area contributed by atoms with Crippen LogP contribution >= 0.6 is 0 Å². The van der Waals surface area contributed by atoms with Gasteiger partial charge in [0, 0.05) is 22.4 Å². The summed E-state index contributed by atoms with van der Waals surface area (Å²) in [5, 5.41) is 14.5. The summed E-state index contributed by atoms with van der Waals surface area (Å²) in [6, 6.07) is 15.6. The molecule has 2 aliphatic carbocycles. The summed E-state index contributed by atoms with van der Waals surface area (Å²) in [7, 11) is -5.08. The maximum absolute atomic E-state index is 13.6. The number of hydrazine groups is 1. The molecule has 1 aliphatic heterocycles. The predicted molar refractivity (Wildman–Crippen MR) is 164 cm³/mol. The molecule has 0 saturated carbocycles. The number of aryl methyl sites for hydroxylation is 2. The van der Waals surface area contributed by atoms with Gasteiger partial charge in [-0.05, 0) is 73.5 Å². The van der Waals surface area contributed by atoms with Crippen LogP contribution in [0.5, 0.6) is 0 Å². The molecule has 0 spiro atoms. The smallest absolute Gasteiger partial charge is 0.744 e. The zero-order valence-electron chi connectivity index (χ0n) is 24.2. The minimum absolute atomic E-state index is 0. The molecular weight excluding hydrogens is 607 g/mol. The van der Waals surface area contributed by atoms with Gasteiger partial charge in [-0.3, -0.25) is 20.4 Å². The number of rotatable bonds is 7. The Bertz CT molecular complexity index is 2200. The number of hydrazone groups is 1. The topological polar surface area (TPSA) is 185 Å². The van der Waals surface area contributed by atoms with Crippen LogP contribution in [-0.2, 0) is 14.9 Å². The van der Waals surface area contributed by atoms with Crippen molar-refractivity contribution in [3.8, 4) is 0 Å². The summed E-state index contributed by atoms with van der Waals surface area (Å²) >= 11 is 0. The van der Waals surface area contributed by atoms with Crippen LogP contribution in [0.4, 0.5) is 17.1 Å². The molecule has 3 aromatic rings. The molecule has 4 N–H and O–H groups in total. The van der Waals surface area contributed by atoms with Crippen molar-refractivity contribution in [1.82, 2.24) is 5.43 Å². The first-order valence-corrected chi connectivity index (χ1v) is 14.6. The van der Waals surface area contributed by atoms with E-state index in [2.05, 4.69) is 31.4 Å². The van der Waals surface area contributed by atoms with Crippen molar-refractivity contribution >= 4 is 56.4 Å². The second-order valence-corrected chi connectivity index (χ2v) is 11.5. The first-order chi connectivity index (χ1) is 21.0. The van der Waals surface area contributed by atoms with Gasteiger partial charge >= 0.3 is 29.6 Å². The molecule has 0 amide bonds. The number of amidine groups is 1. The minimum Gasteiger partial charge on any atom is -0.744 e. The third kappa shape index (κ3) is 6.43. The van der Waals surface area contributed by atoms with Gasteiger partial charge in [-0.15, -0.1) is 0 Å². The number of hydrogen-bond acceptors (Lipinski definition) is 12. The number of hydrogen-bond donors (Lipinski definition) is 4. The van der Waals surface area contributed by atoms with Crippen LogP contribution in [0.1, 0.15) is 27.0 Å². The number of aliphatic hydroxyl groups is 1. The number of allylic oxidation sites excluding steroid dienone is 5. The van der Waals surface area contributed by atoms with Crippen molar-refractivity contribution in [2.75, 3.05) is 10.9 Å². The molecule has 6 rings (SSSR count). The summed E-state index contributed by atoms with van der Waals surface area (Å²) in [5.74, 6) is -1.02. The fraction of sp³-hybridized carbons (Fsp3) is 0.0645. The van der Waals surface area contributed by atoms with E-state index in [0.29, 0.717) is 22.6 Å². The Labute approximate surface area is 279 Å². The Morgan fingerprint density at radius 1 is 0.933 bits per heavy atom. The summed E-state index contributed by atoms with van der Waals surface area (Å²) in [6.07, 6.45) is 4.86. The van der Waals surface area contributed by atoms with Gasteiger partial charge in [0.05, 0.1) is 27.3 Å². The molecule has 0 atom stereocenters. The number of carbonyl (C=O) groups excluding carboxylic acids is 2. The second-order valence-electron chi connectivity index (χ2n) is 10.1. The molecule has 0 saturated heterocycles. The standard InChI is InChI=1S/C31H24N6O6S.Na/c1-16-6-7-17(2)25(12-16)36-37-29-27(44(41,42)43)15-22-21(30(29)40)9-11-24-28(22)33-31(32-24)18-4-3-5-19(13-18)34-35-23-10-8-20(38)14-26(23)39;/h3-15,34,36-37,39H,1-2H3,(H,41,42,43);/q;+1/p-1/b35-23-;. The molecule has 0 aromatic heterocycles. The maximum Gasteiger partial charge on any atom is 1.00 e. The quantitative estimate of drug-likeness (QED) is 0.118. The van der Waals surface area contributed by atoms with E-state index in [1.54, 1.807) is 30.3 Å². The number of aliphatic hydroxyl groups excluding tert-OH is 1. The molecule has 0 bridgehead atoms. The Hall–Kier alpha value is -4.66. The summed E-state index contributed by atoms with van der Waals surface area (Å²) in [4.78, 5) is 33.4. The number of nitrogens with zero attached hydrogens (tertiary/aromatic N) is 3. The number of benzene rings is 3. The van der Waals surface area contributed by atoms with E-state index in [1.165, 1.54) is 18.2 Å². The van der Waals surface area contributed by atoms with Crippen LogP contribution in [0.3, 0.4) is 0 Å². The van der Waals surface area contributed by atoms with E-state index in [1.807, 2.05) is 32.0 Å². The van der Waals surface area contributed by atoms with Crippen LogP contribution in [0, 0.1) is 13.8 Å². The maximum atomic E-state index is 13.6. The minimum atomic E-state index is -5.08. The van der Waals surface area contributed by atoms with Crippen LogP contribution in [0.25, 0.3) is 6.08 Å². The molecule has 220 valence electrons. The number of carbonyl (C=O) groups is 2. The fourth-order valence-electron chi connectivity index (χ4n) is 4.74. The van der Waals surface area contributed by atoms with E-state index in [0.717, 1.165) is 23.3 Å². The normalized spacial score (nSPS) is 16.1. The van der Waals surface area contributed by atoms with Gasteiger partial charge < -0.3 is 15.1 Å². The zero-order chi connectivity index (χ0) is 31.2. The van der Waals surface area contributed by atoms with Gasteiger partial charge in [0.1, 0.15) is 27.3 Å². The molecule has 3 aliphatic rings. The average Bonchev–Trinajstić information content (AvgIpc) is 3.42. The predicted octanol–water partition coefficient (Wildman–Crippen LogP) is -0.282. The Kier molecular flexibility index (Phi) is 8.74. The van der Waals surface area contributed by atoms with Crippen molar-refractivity contribution in [1.29, 1.82) is 0 Å². The van der Waals surface area contributed by atoms with E-state index < -0.39 is 26.5 Å². The molecule has 0 unspecified atom stereocenters. The van der Waals surface area contributed by atoms with Crippen molar-refractivity contribution in [2.45, 2.75) is 13.8 Å². The molecule has 3 aromatic carbocycles. The molecule has 12 nitrogen and oxygen atoms in total. The van der Waals surface area contributed by atoms with E-state index in [-0.39, 0.29) is 68.8 Å². The molecule has 45 heavy (non-hydrogen) atoms. The first-order valence-electron chi connectivity index (χ1n) is 13.2. The van der Waals surface area contributed by atoms with Gasteiger partial charge in [-0.1, -0.05) is 24.3 Å². The van der Waals surface area contributed by atoms with E-state index >= 15 is 0 Å². The molecule has 0 fully saturated rings. The van der Waals surface area contributed by atoms with Crippen molar-refractivity contribution < 1.29 is 57.2 Å². The summed E-state index contributed by atoms with van der Waals surface area (Å²) < 4.78 is 37.0. The number of ketones is 2. The monoisotopic (exact) mass is 630 g/mol. The van der Waals surface area contributed by atoms with E-state index in [4.69, 9.17) is 0 Å². The Morgan fingerprint density at radius 3 is 2.49 bits per heavy atom. The second kappa shape index (κ2) is 12.4. The van der Waals surface area contributed by atoms with E-state index in [9.17, 15) is 27.7 Å². The SMILES string of the molecule is Cc1ccc(C)c(NNC2=C(S(=O)(=O)[O-])C=c3c(ccc4c3=NC(c3cccc(N/N=C5/C=CC(=O)C=C5O)c3)=N4)C2=O)c1.[Na+]. The molecule has 0 radical (unpaired) electrons. The molecule has 14 heteroatoms. The Morgan fingerprint density at radius 2 is 1.73 bits per heavy atom. The van der Waals surface area contributed by atoms with Gasteiger partial charge in [0.15, 0.2) is 11.6 Å². The number of aliphatic imine (C=N–C) groups is 1.